The SMILES string of the molecule is NC(=O)CC1(c2ccccc2)CN(c2cccc(-c3ccc(F)cc3F)c2)C(=O)N1. The fourth-order valence-corrected chi connectivity index (χ4v) is 3.85. The Labute approximate surface area is 172 Å². The molecule has 7 heteroatoms. The van der Waals surface area contributed by atoms with Crippen molar-refractivity contribution in [2.75, 3.05) is 11.4 Å². The van der Waals surface area contributed by atoms with Crippen LogP contribution in [0.1, 0.15) is 12.0 Å². The van der Waals surface area contributed by atoms with Crippen LogP contribution in [0.4, 0.5) is 19.3 Å². The van der Waals surface area contributed by atoms with Crippen molar-refractivity contribution < 1.29 is 18.4 Å². The minimum absolute atomic E-state index is 0.0640. The fourth-order valence-electron chi connectivity index (χ4n) is 3.85. The Kier molecular flexibility index (Phi) is 4.95. The molecule has 0 radical (unpaired) electrons. The lowest BCUT2D eigenvalue weighted by atomic mass is 9.87. The zero-order valence-electron chi connectivity index (χ0n) is 15.9. The van der Waals surface area contributed by atoms with Crippen LogP contribution in [0.25, 0.3) is 11.1 Å². The van der Waals surface area contributed by atoms with Gasteiger partial charge in [-0.3, -0.25) is 9.69 Å². The molecule has 0 saturated carbocycles. The summed E-state index contributed by atoms with van der Waals surface area (Å²) in [5.74, 6) is -1.89. The summed E-state index contributed by atoms with van der Waals surface area (Å²) in [6.45, 7) is 0.175. The van der Waals surface area contributed by atoms with E-state index in [0.29, 0.717) is 11.3 Å². The van der Waals surface area contributed by atoms with Gasteiger partial charge in [0, 0.05) is 17.3 Å². The molecule has 30 heavy (non-hydrogen) atoms. The number of nitrogens with zero attached hydrogens (tertiary/aromatic N) is 1. The van der Waals surface area contributed by atoms with Gasteiger partial charge in [0.05, 0.1) is 18.5 Å². The molecule has 4 rings (SSSR count). The van der Waals surface area contributed by atoms with Crippen molar-refractivity contribution >= 4 is 17.6 Å². The molecular weight excluding hydrogens is 388 g/mol. The average molecular weight is 407 g/mol. The minimum Gasteiger partial charge on any atom is -0.370 e. The molecule has 1 unspecified atom stereocenters. The van der Waals surface area contributed by atoms with Crippen LogP contribution in [0.5, 0.6) is 0 Å². The number of urea groups is 1. The quantitative estimate of drug-likeness (QED) is 0.672. The predicted molar refractivity (Wildman–Crippen MR) is 110 cm³/mol. The summed E-state index contributed by atoms with van der Waals surface area (Å²) < 4.78 is 27.5. The van der Waals surface area contributed by atoms with E-state index in [1.165, 1.54) is 17.0 Å². The summed E-state index contributed by atoms with van der Waals surface area (Å²) in [6, 6.07) is 18.9. The van der Waals surface area contributed by atoms with Crippen LogP contribution in [0, 0.1) is 11.6 Å². The lowest BCUT2D eigenvalue weighted by Crippen LogP contribution is -2.43. The van der Waals surface area contributed by atoms with E-state index in [1.54, 1.807) is 24.3 Å². The second-order valence-corrected chi connectivity index (χ2v) is 7.28. The van der Waals surface area contributed by atoms with Crippen molar-refractivity contribution in [3.63, 3.8) is 0 Å². The van der Waals surface area contributed by atoms with Crippen LogP contribution in [-0.2, 0) is 10.3 Å². The third-order valence-corrected chi connectivity index (χ3v) is 5.22. The first-order chi connectivity index (χ1) is 14.4. The summed E-state index contributed by atoms with van der Waals surface area (Å²) in [5, 5.41) is 2.90. The number of nitrogens with two attached hydrogens (primary N) is 1. The smallest absolute Gasteiger partial charge is 0.322 e. The van der Waals surface area contributed by atoms with Gasteiger partial charge in [0.15, 0.2) is 0 Å². The van der Waals surface area contributed by atoms with Gasteiger partial charge in [0.25, 0.3) is 0 Å². The molecule has 1 saturated heterocycles. The molecule has 0 aromatic heterocycles. The Hall–Kier alpha value is -3.74. The number of halogens is 2. The first kappa shape index (κ1) is 19.6. The highest BCUT2D eigenvalue weighted by Gasteiger charge is 2.45. The summed E-state index contributed by atoms with van der Waals surface area (Å²) >= 11 is 0. The van der Waals surface area contributed by atoms with Gasteiger partial charge < -0.3 is 11.1 Å². The largest absolute Gasteiger partial charge is 0.370 e. The monoisotopic (exact) mass is 407 g/mol. The number of hydrogen-bond donors (Lipinski definition) is 2. The van der Waals surface area contributed by atoms with E-state index in [2.05, 4.69) is 5.32 Å². The van der Waals surface area contributed by atoms with Gasteiger partial charge in [-0.1, -0.05) is 42.5 Å². The van der Waals surface area contributed by atoms with Gasteiger partial charge in [0.2, 0.25) is 5.91 Å². The normalized spacial score (nSPS) is 18.3. The number of nitrogens with one attached hydrogen (secondary N) is 1. The number of primary amides is 1. The highest BCUT2D eigenvalue weighted by atomic mass is 19.1. The van der Waals surface area contributed by atoms with E-state index in [1.807, 2.05) is 30.3 Å². The number of carbonyl (C=O) groups excluding carboxylic acids is 2. The maximum atomic E-state index is 14.2. The summed E-state index contributed by atoms with van der Waals surface area (Å²) in [4.78, 5) is 26.1. The molecule has 0 aliphatic carbocycles. The van der Waals surface area contributed by atoms with Crippen molar-refractivity contribution in [1.82, 2.24) is 5.32 Å². The Balaban J connectivity index is 1.71. The average Bonchev–Trinajstić information content (AvgIpc) is 3.05. The molecule has 152 valence electrons. The standard InChI is InChI=1S/C23H19F2N3O2/c24-17-9-10-19(20(25)12-17)15-5-4-8-18(11-15)28-14-23(13-21(26)29,27-22(28)30)16-6-2-1-3-7-16/h1-12H,13-14H2,(H2,26,29)(H,27,30). The molecule has 1 heterocycles. The molecule has 0 bridgehead atoms. The third-order valence-electron chi connectivity index (χ3n) is 5.22. The molecule has 0 spiro atoms. The van der Waals surface area contributed by atoms with E-state index in [0.717, 1.165) is 11.6 Å². The molecule has 5 nitrogen and oxygen atoms in total. The number of carbonyl (C=O) groups is 2. The fraction of sp³-hybridized carbons (Fsp3) is 0.130. The van der Waals surface area contributed by atoms with E-state index >= 15 is 0 Å². The molecule has 3 amide bonds. The van der Waals surface area contributed by atoms with Crippen molar-refractivity contribution in [3.8, 4) is 11.1 Å². The molecule has 3 aromatic carbocycles. The lowest BCUT2D eigenvalue weighted by Gasteiger charge is -2.28. The van der Waals surface area contributed by atoms with Crippen molar-refractivity contribution in [1.29, 1.82) is 0 Å². The molecule has 1 aliphatic heterocycles. The van der Waals surface area contributed by atoms with Gasteiger partial charge in [-0.25, -0.2) is 13.6 Å². The summed E-state index contributed by atoms with van der Waals surface area (Å²) in [7, 11) is 0. The van der Waals surface area contributed by atoms with Gasteiger partial charge in [0.1, 0.15) is 11.6 Å². The zero-order valence-corrected chi connectivity index (χ0v) is 15.9. The van der Waals surface area contributed by atoms with Crippen LogP contribution in [0.3, 0.4) is 0 Å². The number of benzene rings is 3. The number of rotatable bonds is 5. The summed E-state index contributed by atoms with van der Waals surface area (Å²) in [6.07, 6.45) is -0.0640. The maximum Gasteiger partial charge on any atom is 0.322 e. The van der Waals surface area contributed by atoms with Crippen molar-refractivity contribution in [2.24, 2.45) is 5.73 Å². The molecule has 1 aliphatic rings. The predicted octanol–water partition coefficient (Wildman–Crippen LogP) is 3.93. The van der Waals surface area contributed by atoms with Gasteiger partial charge in [-0.15, -0.1) is 0 Å². The van der Waals surface area contributed by atoms with Crippen molar-refractivity contribution in [2.45, 2.75) is 12.0 Å². The summed E-state index contributed by atoms with van der Waals surface area (Å²) in [5.41, 5.74) is 6.52. The Morgan fingerprint density at radius 1 is 1.03 bits per heavy atom. The molecule has 3 N–H and O–H groups in total. The first-order valence-corrected chi connectivity index (χ1v) is 9.37. The highest BCUT2D eigenvalue weighted by Crippen LogP contribution is 2.35. The van der Waals surface area contributed by atoms with E-state index in [9.17, 15) is 18.4 Å². The van der Waals surface area contributed by atoms with E-state index in [4.69, 9.17) is 5.73 Å². The van der Waals surface area contributed by atoms with E-state index in [-0.39, 0.29) is 18.5 Å². The number of amides is 3. The first-order valence-electron chi connectivity index (χ1n) is 9.37. The van der Waals surface area contributed by atoms with Gasteiger partial charge in [-0.05, 0) is 35.4 Å². The zero-order chi connectivity index (χ0) is 21.3. The van der Waals surface area contributed by atoms with Gasteiger partial charge >= 0.3 is 6.03 Å². The molecule has 3 aromatic rings. The van der Waals surface area contributed by atoms with Gasteiger partial charge in [-0.2, -0.15) is 0 Å². The van der Waals surface area contributed by atoms with Crippen molar-refractivity contribution in [3.05, 3.63) is 90.0 Å². The van der Waals surface area contributed by atoms with Crippen LogP contribution >= 0.6 is 0 Å². The molecule has 1 atom stereocenters. The Morgan fingerprint density at radius 3 is 2.50 bits per heavy atom. The van der Waals surface area contributed by atoms with Crippen LogP contribution in [-0.4, -0.2) is 18.5 Å². The maximum absolute atomic E-state index is 14.2. The Bertz CT molecular complexity index is 1120. The topological polar surface area (TPSA) is 75.4 Å². The number of hydrogen-bond acceptors (Lipinski definition) is 2. The second-order valence-electron chi connectivity index (χ2n) is 7.28. The third kappa shape index (κ3) is 3.61. The van der Waals surface area contributed by atoms with Crippen LogP contribution in [0.15, 0.2) is 72.8 Å². The van der Waals surface area contributed by atoms with E-state index < -0.39 is 29.1 Å². The molecular formula is C23H19F2N3O2. The Morgan fingerprint density at radius 2 is 1.80 bits per heavy atom. The lowest BCUT2D eigenvalue weighted by molar-refractivity contribution is -0.119. The number of anilines is 1. The van der Waals surface area contributed by atoms with Crippen LogP contribution in [0.2, 0.25) is 0 Å². The second kappa shape index (κ2) is 7.59. The molecule has 1 fully saturated rings. The van der Waals surface area contributed by atoms with Crippen LogP contribution < -0.4 is 16.0 Å². The highest BCUT2D eigenvalue weighted by molar-refractivity contribution is 5.97. The minimum atomic E-state index is -0.971.